The van der Waals surface area contributed by atoms with Crippen molar-refractivity contribution < 1.29 is 14.3 Å². The third-order valence-electron chi connectivity index (χ3n) is 3.79. The summed E-state index contributed by atoms with van der Waals surface area (Å²) in [6.45, 7) is 5.62. The Hall–Kier alpha value is -2.14. The minimum absolute atomic E-state index is 0.0300. The van der Waals surface area contributed by atoms with Gasteiger partial charge in [0.2, 0.25) is 5.91 Å². The van der Waals surface area contributed by atoms with Gasteiger partial charge in [-0.3, -0.25) is 9.59 Å². The molecule has 0 radical (unpaired) electrons. The standard InChI is InChI=1S/C17H22N2O3/c1-3-16(20)18-15-8-6-14(7-9-15)17(21)19-10-4-5-13(11-19)12-22-2/h3,6-9,13H,1,4-5,10-12H2,2H3,(H,18,20). The van der Waals surface area contributed by atoms with Crippen LogP contribution in [-0.2, 0) is 9.53 Å². The molecule has 0 aliphatic carbocycles. The molecule has 118 valence electrons. The Morgan fingerprint density at radius 3 is 2.77 bits per heavy atom. The highest BCUT2D eigenvalue weighted by Gasteiger charge is 2.24. The van der Waals surface area contributed by atoms with Gasteiger partial charge in [0.25, 0.3) is 5.91 Å². The first-order chi connectivity index (χ1) is 10.6. The molecule has 1 saturated heterocycles. The molecular weight excluding hydrogens is 280 g/mol. The van der Waals surface area contributed by atoms with Crippen molar-refractivity contribution in [3.05, 3.63) is 42.5 Å². The number of piperidine rings is 1. The Morgan fingerprint density at radius 1 is 1.41 bits per heavy atom. The number of amides is 2. The summed E-state index contributed by atoms with van der Waals surface area (Å²) >= 11 is 0. The highest BCUT2D eigenvalue weighted by Crippen LogP contribution is 2.19. The molecule has 1 aliphatic rings. The maximum atomic E-state index is 12.5. The van der Waals surface area contributed by atoms with E-state index in [1.807, 2.05) is 4.90 Å². The van der Waals surface area contributed by atoms with Gasteiger partial charge in [-0.2, -0.15) is 0 Å². The number of anilines is 1. The van der Waals surface area contributed by atoms with Crippen molar-refractivity contribution in [2.24, 2.45) is 5.92 Å². The van der Waals surface area contributed by atoms with Crippen LogP contribution in [0.2, 0.25) is 0 Å². The van der Waals surface area contributed by atoms with Crippen molar-refractivity contribution in [1.82, 2.24) is 4.90 Å². The summed E-state index contributed by atoms with van der Waals surface area (Å²) < 4.78 is 5.19. The number of ether oxygens (including phenoxy) is 1. The van der Waals surface area contributed by atoms with E-state index in [1.165, 1.54) is 6.08 Å². The molecule has 1 aromatic carbocycles. The first-order valence-electron chi connectivity index (χ1n) is 7.45. The molecule has 1 fully saturated rings. The number of methoxy groups -OCH3 is 1. The molecule has 1 N–H and O–H groups in total. The first kappa shape index (κ1) is 16.2. The van der Waals surface area contributed by atoms with Crippen molar-refractivity contribution in [3.8, 4) is 0 Å². The van der Waals surface area contributed by atoms with Gasteiger partial charge >= 0.3 is 0 Å². The fourth-order valence-corrected chi connectivity index (χ4v) is 2.69. The van der Waals surface area contributed by atoms with Gasteiger partial charge in [0.1, 0.15) is 0 Å². The second-order valence-electron chi connectivity index (χ2n) is 5.49. The van der Waals surface area contributed by atoms with Crippen LogP contribution in [0.5, 0.6) is 0 Å². The second kappa shape index (κ2) is 7.75. The van der Waals surface area contributed by atoms with E-state index < -0.39 is 0 Å². The molecular formula is C17H22N2O3. The van der Waals surface area contributed by atoms with Crippen LogP contribution in [0.4, 0.5) is 5.69 Å². The molecule has 1 aliphatic heterocycles. The molecule has 1 heterocycles. The minimum Gasteiger partial charge on any atom is -0.384 e. The van der Waals surface area contributed by atoms with E-state index in [4.69, 9.17) is 4.74 Å². The molecule has 0 bridgehead atoms. The average molecular weight is 302 g/mol. The Bertz CT molecular complexity index is 537. The van der Waals surface area contributed by atoms with Crippen LogP contribution in [0.25, 0.3) is 0 Å². The van der Waals surface area contributed by atoms with Crippen molar-refractivity contribution >= 4 is 17.5 Å². The third-order valence-corrected chi connectivity index (χ3v) is 3.79. The van der Waals surface area contributed by atoms with Crippen LogP contribution < -0.4 is 5.32 Å². The van der Waals surface area contributed by atoms with Crippen molar-refractivity contribution in [2.45, 2.75) is 12.8 Å². The van der Waals surface area contributed by atoms with E-state index in [0.717, 1.165) is 25.9 Å². The number of benzene rings is 1. The van der Waals surface area contributed by atoms with Gasteiger partial charge in [0.05, 0.1) is 6.61 Å². The zero-order valence-electron chi connectivity index (χ0n) is 12.9. The lowest BCUT2D eigenvalue weighted by Gasteiger charge is -2.32. The van der Waals surface area contributed by atoms with Gasteiger partial charge in [-0.1, -0.05) is 6.58 Å². The van der Waals surface area contributed by atoms with Crippen LogP contribution in [0.15, 0.2) is 36.9 Å². The highest BCUT2D eigenvalue weighted by atomic mass is 16.5. The van der Waals surface area contributed by atoms with Gasteiger partial charge in [-0.25, -0.2) is 0 Å². The molecule has 2 amide bonds. The second-order valence-corrected chi connectivity index (χ2v) is 5.49. The van der Waals surface area contributed by atoms with Crippen molar-refractivity contribution in [3.63, 3.8) is 0 Å². The lowest BCUT2D eigenvalue weighted by molar-refractivity contribution is -0.111. The van der Waals surface area contributed by atoms with Crippen LogP contribution in [0.3, 0.4) is 0 Å². The van der Waals surface area contributed by atoms with Gasteiger partial charge in [0, 0.05) is 31.5 Å². The largest absolute Gasteiger partial charge is 0.384 e. The lowest BCUT2D eigenvalue weighted by Crippen LogP contribution is -2.41. The fourth-order valence-electron chi connectivity index (χ4n) is 2.69. The molecule has 1 aromatic rings. The maximum Gasteiger partial charge on any atom is 0.253 e. The predicted molar refractivity (Wildman–Crippen MR) is 85.8 cm³/mol. The lowest BCUT2D eigenvalue weighted by atomic mass is 9.98. The number of carbonyl (C=O) groups excluding carboxylic acids is 2. The van der Waals surface area contributed by atoms with E-state index in [9.17, 15) is 9.59 Å². The molecule has 1 unspecified atom stereocenters. The molecule has 5 heteroatoms. The normalized spacial score (nSPS) is 17.9. The number of likely N-dealkylation sites (tertiary alicyclic amines) is 1. The summed E-state index contributed by atoms with van der Waals surface area (Å²) in [7, 11) is 1.69. The van der Waals surface area contributed by atoms with Crippen LogP contribution >= 0.6 is 0 Å². The number of hydrogen-bond acceptors (Lipinski definition) is 3. The first-order valence-corrected chi connectivity index (χ1v) is 7.45. The Balaban J connectivity index is 1.99. The Morgan fingerprint density at radius 2 is 2.14 bits per heavy atom. The predicted octanol–water partition coefficient (Wildman–Crippen LogP) is 2.31. The van der Waals surface area contributed by atoms with Crippen LogP contribution in [-0.4, -0.2) is 43.5 Å². The minimum atomic E-state index is -0.266. The van der Waals surface area contributed by atoms with Gasteiger partial charge < -0.3 is 15.0 Å². The SMILES string of the molecule is C=CC(=O)Nc1ccc(C(=O)N2CCCC(COC)C2)cc1. The Kier molecular flexibility index (Phi) is 5.72. The number of carbonyl (C=O) groups is 2. The van der Waals surface area contributed by atoms with E-state index in [1.54, 1.807) is 31.4 Å². The van der Waals surface area contributed by atoms with Crippen LogP contribution in [0, 0.1) is 5.92 Å². The van der Waals surface area contributed by atoms with E-state index in [0.29, 0.717) is 23.8 Å². The maximum absolute atomic E-state index is 12.5. The zero-order valence-corrected chi connectivity index (χ0v) is 12.9. The van der Waals surface area contributed by atoms with E-state index >= 15 is 0 Å². The third kappa shape index (κ3) is 4.18. The topological polar surface area (TPSA) is 58.6 Å². The fraction of sp³-hybridized carbons (Fsp3) is 0.412. The molecule has 2 rings (SSSR count). The summed E-state index contributed by atoms with van der Waals surface area (Å²) in [4.78, 5) is 25.6. The monoisotopic (exact) mass is 302 g/mol. The Labute approximate surface area is 130 Å². The van der Waals surface area contributed by atoms with Gasteiger partial charge in [-0.15, -0.1) is 0 Å². The highest BCUT2D eigenvalue weighted by molar-refractivity contribution is 5.99. The summed E-state index contributed by atoms with van der Waals surface area (Å²) in [5.41, 5.74) is 1.28. The van der Waals surface area contributed by atoms with Gasteiger partial charge in [0.15, 0.2) is 0 Å². The van der Waals surface area contributed by atoms with Gasteiger partial charge in [-0.05, 0) is 49.1 Å². The smallest absolute Gasteiger partial charge is 0.253 e. The van der Waals surface area contributed by atoms with E-state index in [-0.39, 0.29) is 11.8 Å². The average Bonchev–Trinajstić information content (AvgIpc) is 2.55. The van der Waals surface area contributed by atoms with Crippen LogP contribution in [0.1, 0.15) is 23.2 Å². The number of nitrogens with one attached hydrogen (secondary N) is 1. The van der Waals surface area contributed by atoms with Crippen molar-refractivity contribution in [1.29, 1.82) is 0 Å². The number of rotatable bonds is 5. The molecule has 0 saturated carbocycles. The molecule has 0 aromatic heterocycles. The zero-order chi connectivity index (χ0) is 15.9. The molecule has 1 atom stereocenters. The summed E-state index contributed by atoms with van der Waals surface area (Å²) in [5, 5.41) is 2.66. The molecule has 0 spiro atoms. The summed E-state index contributed by atoms with van der Waals surface area (Å²) in [5.74, 6) is 0.175. The summed E-state index contributed by atoms with van der Waals surface area (Å²) in [6, 6.07) is 6.93. The molecule has 22 heavy (non-hydrogen) atoms. The van der Waals surface area contributed by atoms with E-state index in [2.05, 4.69) is 11.9 Å². The quantitative estimate of drug-likeness (QED) is 0.849. The number of nitrogens with zero attached hydrogens (tertiary/aromatic N) is 1. The van der Waals surface area contributed by atoms with Crippen molar-refractivity contribution in [2.75, 3.05) is 32.1 Å². The molecule has 5 nitrogen and oxygen atoms in total. The summed E-state index contributed by atoms with van der Waals surface area (Å²) in [6.07, 6.45) is 3.32. The number of hydrogen-bond donors (Lipinski definition) is 1.